The number of ether oxygens (including phenoxy) is 5. The van der Waals surface area contributed by atoms with Crippen LogP contribution in [0.2, 0.25) is 66.5 Å². The molecule has 6 aliphatic heterocycles. The second-order valence-corrected chi connectivity index (χ2v) is 60.6. The lowest BCUT2D eigenvalue weighted by atomic mass is 10.1. The van der Waals surface area contributed by atoms with Crippen molar-refractivity contribution in [2.24, 2.45) is 0 Å². The number of aliphatic hydroxyl groups excluding tert-OH is 1. The van der Waals surface area contributed by atoms with Crippen LogP contribution in [0.15, 0.2) is 68.3 Å². The fraction of sp³-hybridized carbons (Fsp3) is 0.699. The van der Waals surface area contributed by atoms with E-state index in [1.165, 1.54) is 19.0 Å². The van der Waals surface area contributed by atoms with Crippen LogP contribution in [0.3, 0.4) is 0 Å². The molecule has 7 N–H and O–H groups in total. The molecule has 13 rings (SSSR count). The Morgan fingerprint density at radius 2 is 0.764 bits per heavy atom. The van der Waals surface area contributed by atoms with Gasteiger partial charge in [-0.1, -0.05) is 184 Å². The third-order valence-electron chi connectivity index (χ3n) is 23.0. The number of fused-ring (bicyclic) bond motifs is 6. The molecule has 110 heavy (non-hydrogen) atoms. The Balaban J connectivity index is 0.000000166. The van der Waals surface area contributed by atoms with Gasteiger partial charge in [-0.25, -0.2) is 44.9 Å². The Morgan fingerprint density at radius 1 is 0.418 bits per heavy atom. The van der Waals surface area contributed by atoms with Crippen LogP contribution >= 0.6 is 12.2 Å². The van der Waals surface area contributed by atoms with Gasteiger partial charge in [0.2, 0.25) is 0 Å². The van der Waals surface area contributed by atoms with Gasteiger partial charge < -0.3 is 84.9 Å². The highest BCUT2D eigenvalue weighted by molar-refractivity contribution is 7.79. The van der Waals surface area contributed by atoms with E-state index >= 15 is 0 Å². The molecule has 6 aromatic heterocycles. The number of anilines is 3. The molecule has 37 heteroatoms. The summed E-state index contributed by atoms with van der Waals surface area (Å²) in [6, 6.07) is 9.27. The largest absolute Gasteiger partial charge is 0.446 e. The summed E-state index contributed by atoms with van der Waals surface area (Å²) in [6.45, 7) is 53.7. The highest BCUT2D eigenvalue weighted by atomic mass is 32.1. The number of aromatic nitrogens is 12. The van der Waals surface area contributed by atoms with Crippen molar-refractivity contribution in [1.29, 1.82) is 0 Å². The Morgan fingerprint density at radius 3 is 1.17 bits per heavy atom. The molecule has 0 saturated carbocycles. The number of hydrogen-bond acceptors (Lipinski definition) is 28. The average Bonchev–Trinajstić information content (AvgIpc) is 1.46. The molecule has 0 amide bonds. The lowest BCUT2D eigenvalue weighted by molar-refractivity contribution is -0.0570. The van der Waals surface area contributed by atoms with Crippen molar-refractivity contribution >= 4 is 120 Å². The molecule has 1 aromatic carbocycles. The van der Waals surface area contributed by atoms with Crippen molar-refractivity contribution in [1.82, 2.24) is 58.6 Å². The number of rotatable bonds is 17. The fourth-order valence-corrected chi connectivity index (χ4v) is 50.9. The van der Waals surface area contributed by atoms with E-state index in [0.29, 0.717) is 75.8 Å². The van der Waals surface area contributed by atoms with Crippen molar-refractivity contribution in [3.8, 4) is 5.75 Å². The number of nitrogens with zero attached hydrogens (tertiary/aromatic N) is 12. The Bertz CT molecular complexity index is 4210. The van der Waals surface area contributed by atoms with E-state index in [-0.39, 0.29) is 97.3 Å². The van der Waals surface area contributed by atoms with Gasteiger partial charge in [0.1, 0.15) is 84.1 Å². The standard InChI is InChI=1S/C29H43N5O6SSi2.C22H39N5O5Si2.C22H39N5O4Si2/c1-17(2)42(18(3)4)35-14-22-24(39-43(40-42,19(5)6)20(7)8)25(38-29(41)36-21-12-10-9-11-13-21)28(37-22)34-16-33-23-26(30)31-15-32-27(23)34;1-12(2)33(13(3)4)29-9-16-19(31-34(32-33,14(5)6)15(7)8)18(28)22(30-16)27-11-26-17-20(23)24-10-25-21(17)27;1-13(2)32(14(3)4)28-10-18-17(30-33(31-32,15(5)6)16(7)8)9-19(29-18)27-12-26-20-21(23)24-11-25-22(20)27/h9-13,15-20,22,24-25,28H,14H2,1-8H3,(H2,30,31,32);10-16,18-19,22,28H,9H2,1-8H3,(H2,23,24,25);11-19H,9-10H2,1-8H3,(H2,23,24,25)/t22-,24?,25+,28-;16-,18+,19?,22-;17?,18-,19-/m000/s1. The lowest BCUT2D eigenvalue weighted by Gasteiger charge is -2.51. The first-order chi connectivity index (χ1) is 51.8. The van der Waals surface area contributed by atoms with E-state index in [0.717, 1.165) is 0 Å². The molecule has 6 saturated heterocycles. The summed E-state index contributed by atoms with van der Waals surface area (Å²) < 4.78 is 101. The second-order valence-electron chi connectivity index (χ2n) is 33.7. The monoisotopic (exact) mass is 1650 g/mol. The predicted molar refractivity (Wildman–Crippen MR) is 438 cm³/mol. The van der Waals surface area contributed by atoms with Crippen molar-refractivity contribution in [3.63, 3.8) is 0 Å². The Labute approximate surface area is 659 Å². The zero-order valence-electron chi connectivity index (χ0n) is 68.6. The van der Waals surface area contributed by atoms with Crippen molar-refractivity contribution in [2.75, 3.05) is 37.0 Å². The smallest absolute Gasteiger partial charge is 0.358 e. The van der Waals surface area contributed by atoms with Gasteiger partial charge in [-0.15, -0.1) is 0 Å². The van der Waals surface area contributed by atoms with E-state index < -0.39 is 100 Å². The van der Waals surface area contributed by atoms with E-state index in [4.69, 9.17) is 92.0 Å². The number of imidazole rings is 3. The summed E-state index contributed by atoms with van der Waals surface area (Å²) in [5.41, 5.74) is 23.9. The summed E-state index contributed by atoms with van der Waals surface area (Å²) >= 11 is 5.62. The highest BCUT2D eigenvalue weighted by Gasteiger charge is 2.66. The van der Waals surface area contributed by atoms with Gasteiger partial charge in [-0.2, -0.15) is 0 Å². The molecular weight excluding hydrogens is 1530 g/mol. The van der Waals surface area contributed by atoms with Crippen LogP contribution in [0, 0.1) is 0 Å². The first kappa shape index (κ1) is 85.6. The van der Waals surface area contributed by atoms with E-state index in [1.54, 1.807) is 28.1 Å². The zero-order chi connectivity index (χ0) is 80.2. The minimum absolute atomic E-state index is 0.0500. The Kier molecular flexibility index (Phi) is 26.4. The molecule has 0 radical (unpaired) electrons. The normalized spacial score (nSPS) is 27.1. The van der Waals surface area contributed by atoms with Gasteiger partial charge in [0.15, 0.2) is 53.0 Å². The summed E-state index contributed by atoms with van der Waals surface area (Å²) in [5, 5.41) is 11.4. The topological polar surface area (TPSA) is 358 Å². The van der Waals surface area contributed by atoms with Crippen LogP contribution in [0.4, 0.5) is 17.5 Å². The van der Waals surface area contributed by atoms with Crippen molar-refractivity contribution in [2.45, 2.75) is 307 Å². The average molecular weight is 1650 g/mol. The maximum atomic E-state index is 11.5. The van der Waals surface area contributed by atoms with Gasteiger partial charge in [0, 0.05) is 18.6 Å². The number of thiocarbonyl (C=S) groups is 1. The molecule has 6 aliphatic rings. The molecule has 0 bridgehead atoms. The highest BCUT2D eigenvalue weighted by Crippen LogP contribution is 2.53. The molecule has 11 atom stereocenters. The van der Waals surface area contributed by atoms with Gasteiger partial charge >= 0.3 is 56.6 Å². The lowest BCUT2D eigenvalue weighted by Crippen LogP contribution is -2.66. The van der Waals surface area contributed by atoms with Crippen LogP contribution in [-0.4, -0.2) is 189 Å². The number of nitrogen functional groups attached to an aromatic ring is 3. The summed E-state index contributed by atoms with van der Waals surface area (Å²) in [5.74, 6) is 1.49. The molecule has 6 fully saturated rings. The number of hydrogen-bond donors (Lipinski definition) is 4. The number of benzene rings is 1. The second kappa shape index (κ2) is 33.9. The molecule has 30 nitrogen and oxygen atoms in total. The first-order valence-electron chi connectivity index (χ1n) is 39.3. The van der Waals surface area contributed by atoms with E-state index in [9.17, 15) is 5.11 Å². The van der Waals surface area contributed by atoms with Crippen LogP contribution in [-0.2, 0) is 57.8 Å². The molecule has 3 unspecified atom stereocenters. The fourth-order valence-electron chi connectivity index (χ4n) is 17.1. The molecular formula is C73H121N15O15SSi6. The van der Waals surface area contributed by atoms with Crippen LogP contribution in [0.5, 0.6) is 5.75 Å². The molecule has 0 aliphatic carbocycles. The van der Waals surface area contributed by atoms with Crippen LogP contribution in [0.1, 0.15) is 191 Å². The summed E-state index contributed by atoms with van der Waals surface area (Å²) in [7, 11) is -16.5. The van der Waals surface area contributed by atoms with Gasteiger partial charge in [-0.05, 0) is 78.6 Å². The number of para-hydroxylation sites is 1. The van der Waals surface area contributed by atoms with Gasteiger partial charge in [0.05, 0.1) is 44.9 Å². The third-order valence-corrected chi connectivity index (χ3v) is 53.9. The minimum Gasteiger partial charge on any atom is -0.446 e. The SMILES string of the molecule is CC(C)[Si]1(C(C)C)OC[C@@H]2O[C@H](n3cnc4c(N)ncnc43)CC2O[Si](C(C)C)(C(C)C)O1.CC(C)[Si]1(C(C)C)OC[C@@H]2O[C@H](n3cnc4c(N)ncnc43)[C@H](O)C2O[Si](C(C)C)(C(C)C)O1.CC(C)[Si]1(C(C)C)OC[C@@H]2O[C@H](n3cnc4c(N)ncnc43)[C@H](OC(=S)Oc3ccccc3)C2O[Si](C(C)C)(C(C)C)O1. The maximum absolute atomic E-state index is 11.5. The molecule has 7 aromatic rings. The summed E-state index contributed by atoms with van der Waals surface area (Å²) in [4.78, 5) is 38.6. The van der Waals surface area contributed by atoms with Crippen LogP contribution < -0.4 is 21.9 Å². The number of aliphatic hydroxyl groups is 1. The third kappa shape index (κ3) is 15.9. The molecule has 12 heterocycles. The quantitative estimate of drug-likeness (QED) is 0.0486. The first-order valence-corrected chi connectivity index (χ1v) is 51.5. The van der Waals surface area contributed by atoms with Gasteiger partial charge in [-0.3, -0.25) is 13.7 Å². The molecule has 608 valence electrons. The van der Waals surface area contributed by atoms with Crippen LogP contribution in [0.25, 0.3) is 33.5 Å². The van der Waals surface area contributed by atoms with Gasteiger partial charge in [0.25, 0.3) is 0 Å². The minimum atomic E-state index is -2.99. The summed E-state index contributed by atoms with van der Waals surface area (Å²) in [6.07, 6.45) is 4.04. The van der Waals surface area contributed by atoms with E-state index in [2.05, 4.69) is 211 Å². The molecule has 0 spiro atoms. The van der Waals surface area contributed by atoms with Crippen molar-refractivity contribution in [3.05, 3.63) is 68.3 Å². The zero-order valence-corrected chi connectivity index (χ0v) is 75.4. The van der Waals surface area contributed by atoms with Crippen molar-refractivity contribution < 1.29 is 67.7 Å². The maximum Gasteiger partial charge on any atom is 0.358 e. The number of nitrogens with two attached hydrogens (primary N) is 3. The predicted octanol–water partition coefficient (Wildman–Crippen LogP) is 14.3. The Hall–Kier alpha value is -5.26. The van der Waals surface area contributed by atoms with E-state index in [1.807, 2.05) is 34.9 Å².